The van der Waals surface area contributed by atoms with Gasteiger partial charge in [0.1, 0.15) is 6.54 Å². The highest BCUT2D eigenvalue weighted by Gasteiger charge is 2.28. The van der Waals surface area contributed by atoms with E-state index in [2.05, 4.69) is 0 Å². The van der Waals surface area contributed by atoms with E-state index >= 15 is 0 Å². The Morgan fingerprint density at radius 3 is 2.42 bits per heavy atom. The van der Waals surface area contributed by atoms with Crippen LogP contribution in [0.3, 0.4) is 0 Å². The van der Waals surface area contributed by atoms with Gasteiger partial charge in [-0.15, -0.1) is 0 Å². The molecule has 142 valence electrons. The molecule has 0 spiro atoms. The van der Waals surface area contributed by atoms with Gasteiger partial charge < -0.3 is 9.80 Å². The summed E-state index contributed by atoms with van der Waals surface area (Å²) in [5.74, 6) is -0.424. The molecule has 1 heterocycles. The van der Waals surface area contributed by atoms with Crippen LogP contribution in [-0.2, 0) is 19.6 Å². The smallest absolute Gasteiger partial charge is 0.271 e. The van der Waals surface area contributed by atoms with Crippen molar-refractivity contribution in [2.45, 2.75) is 6.92 Å². The van der Waals surface area contributed by atoms with Crippen molar-refractivity contribution in [3.63, 3.8) is 0 Å². The maximum absolute atomic E-state index is 12.5. The van der Waals surface area contributed by atoms with E-state index in [0.29, 0.717) is 38.2 Å². The third-order valence-electron chi connectivity index (χ3n) is 4.17. The fourth-order valence-corrected chi connectivity index (χ4v) is 3.56. The minimum Gasteiger partial charge on any atom is -0.342 e. The number of nitro benzene ring substituents is 1. The second-order valence-corrected chi connectivity index (χ2v) is 7.93. The second kappa shape index (κ2) is 7.68. The van der Waals surface area contributed by atoms with Crippen LogP contribution in [0.25, 0.3) is 0 Å². The predicted molar refractivity (Wildman–Crippen MR) is 94.2 cm³/mol. The molecule has 1 aliphatic rings. The Hall–Kier alpha value is -2.69. The first-order valence-electron chi connectivity index (χ1n) is 7.83. The molecule has 2 amide bonds. The van der Waals surface area contributed by atoms with Gasteiger partial charge in [0.15, 0.2) is 0 Å². The van der Waals surface area contributed by atoms with Crippen LogP contribution in [0.5, 0.6) is 0 Å². The molecular weight excluding hydrogens is 364 g/mol. The Kier molecular flexibility index (Phi) is 5.80. The third-order valence-corrected chi connectivity index (χ3v) is 5.29. The lowest BCUT2D eigenvalue weighted by Gasteiger charge is -2.34. The van der Waals surface area contributed by atoms with Crippen molar-refractivity contribution in [1.82, 2.24) is 9.80 Å². The minimum absolute atomic E-state index is 0.0987. The SMILES string of the molecule is Cc1ccc([N+](=O)[O-])cc1N(CC(=O)N1CCN(C=O)CC1)S(C)(=O)=O. The quantitative estimate of drug-likeness (QED) is 0.386. The average Bonchev–Trinajstić information content (AvgIpc) is 2.59. The molecule has 0 aromatic heterocycles. The molecular formula is C15H20N4O6S. The van der Waals surface area contributed by atoms with E-state index in [4.69, 9.17) is 0 Å². The Labute approximate surface area is 151 Å². The predicted octanol–water partition coefficient (Wildman–Crippen LogP) is -0.0302. The van der Waals surface area contributed by atoms with Gasteiger partial charge in [-0.2, -0.15) is 0 Å². The number of hydrogen-bond donors (Lipinski definition) is 0. The van der Waals surface area contributed by atoms with E-state index in [0.717, 1.165) is 16.6 Å². The van der Waals surface area contributed by atoms with Gasteiger partial charge in [0.05, 0.1) is 16.9 Å². The molecule has 1 aromatic carbocycles. The molecule has 11 heteroatoms. The van der Waals surface area contributed by atoms with E-state index in [1.165, 1.54) is 21.9 Å². The van der Waals surface area contributed by atoms with Crippen molar-refractivity contribution in [3.8, 4) is 0 Å². The molecule has 0 aliphatic carbocycles. The lowest BCUT2D eigenvalue weighted by molar-refractivity contribution is -0.384. The zero-order valence-corrected chi connectivity index (χ0v) is 15.3. The van der Waals surface area contributed by atoms with Gasteiger partial charge >= 0.3 is 0 Å². The third kappa shape index (κ3) is 4.48. The Morgan fingerprint density at radius 2 is 1.92 bits per heavy atom. The number of nitro groups is 1. The summed E-state index contributed by atoms with van der Waals surface area (Å²) < 4.78 is 25.3. The first-order valence-corrected chi connectivity index (χ1v) is 9.68. The van der Waals surface area contributed by atoms with Crippen LogP contribution >= 0.6 is 0 Å². The van der Waals surface area contributed by atoms with E-state index in [9.17, 15) is 28.1 Å². The lowest BCUT2D eigenvalue weighted by Crippen LogP contribution is -2.51. The highest BCUT2D eigenvalue weighted by atomic mass is 32.2. The van der Waals surface area contributed by atoms with Crippen LogP contribution < -0.4 is 4.31 Å². The van der Waals surface area contributed by atoms with Crippen molar-refractivity contribution in [1.29, 1.82) is 0 Å². The summed E-state index contributed by atoms with van der Waals surface area (Å²) in [4.78, 5) is 36.6. The van der Waals surface area contributed by atoms with Crippen molar-refractivity contribution in [2.75, 3.05) is 43.3 Å². The number of benzene rings is 1. The van der Waals surface area contributed by atoms with Crippen LogP contribution in [-0.4, -0.2) is 74.4 Å². The number of nitrogens with zero attached hydrogens (tertiary/aromatic N) is 4. The van der Waals surface area contributed by atoms with Crippen molar-refractivity contribution < 1.29 is 22.9 Å². The van der Waals surface area contributed by atoms with E-state index in [-0.39, 0.29) is 11.4 Å². The van der Waals surface area contributed by atoms with Gasteiger partial charge in [0, 0.05) is 38.3 Å². The molecule has 0 saturated carbocycles. The number of carbonyl (C=O) groups excluding carboxylic acids is 2. The zero-order chi connectivity index (χ0) is 19.5. The molecule has 1 aliphatic heterocycles. The summed E-state index contributed by atoms with van der Waals surface area (Å²) in [7, 11) is -3.84. The second-order valence-electron chi connectivity index (χ2n) is 6.02. The van der Waals surface area contributed by atoms with Gasteiger partial charge in [0.25, 0.3) is 5.69 Å². The zero-order valence-electron chi connectivity index (χ0n) is 14.5. The van der Waals surface area contributed by atoms with Gasteiger partial charge in [-0.1, -0.05) is 6.07 Å². The number of hydrogen-bond acceptors (Lipinski definition) is 6. The highest BCUT2D eigenvalue weighted by Crippen LogP contribution is 2.27. The number of amides is 2. The Balaban J connectivity index is 2.27. The number of piperazine rings is 1. The van der Waals surface area contributed by atoms with Gasteiger partial charge in [0.2, 0.25) is 22.3 Å². The van der Waals surface area contributed by atoms with Crippen LogP contribution in [0.1, 0.15) is 5.56 Å². The lowest BCUT2D eigenvalue weighted by atomic mass is 10.2. The van der Waals surface area contributed by atoms with Crippen molar-refractivity contribution in [2.24, 2.45) is 0 Å². The van der Waals surface area contributed by atoms with Crippen molar-refractivity contribution in [3.05, 3.63) is 33.9 Å². The first-order chi connectivity index (χ1) is 12.1. The normalized spacial score (nSPS) is 14.8. The highest BCUT2D eigenvalue weighted by molar-refractivity contribution is 7.92. The van der Waals surface area contributed by atoms with Gasteiger partial charge in [-0.3, -0.25) is 24.0 Å². The number of sulfonamides is 1. The molecule has 1 aromatic rings. The molecule has 0 atom stereocenters. The molecule has 0 unspecified atom stereocenters. The summed E-state index contributed by atoms with van der Waals surface area (Å²) >= 11 is 0. The summed E-state index contributed by atoms with van der Waals surface area (Å²) in [5, 5.41) is 11.0. The van der Waals surface area contributed by atoms with Crippen LogP contribution in [0, 0.1) is 17.0 Å². The van der Waals surface area contributed by atoms with Crippen LogP contribution in [0.15, 0.2) is 18.2 Å². The largest absolute Gasteiger partial charge is 0.342 e. The summed E-state index contributed by atoms with van der Waals surface area (Å²) in [6.45, 7) is 2.53. The minimum atomic E-state index is -3.84. The molecule has 1 saturated heterocycles. The fourth-order valence-electron chi connectivity index (χ4n) is 2.66. The van der Waals surface area contributed by atoms with E-state index < -0.39 is 27.4 Å². The summed E-state index contributed by atoms with van der Waals surface area (Å²) in [6, 6.07) is 3.87. The molecule has 10 nitrogen and oxygen atoms in total. The van der Waals surface area contributed by atoms with Gasteiger partial charge in [-0.25, -0.2) is 8.42 Å². The maximum atomic E-state index is 12.5. The maximum Gasteiger partial charge on any atom is 0.271 e. The number of non-ortho nitro benzene ring substituents is 1. The number of rotatable bonds is 6. The molecule has 0 bridgehead atoms. The molecule has 0 N–H and O–H groups in total. The molecule has 1 fully saturated rings. The monoisotopic (exact) mass is 384 g/mol. The topological polar surface area (TPSA) is 121 Å². The standard InChI is InChI=1S/C15H20N4O6S/c1-12-3-4-13(19(22)23)9-14(12)18(26(2,24)25)10-15(21)17-7-5-16(11-20)6-8-17/h3-4,9,11H,5-8,10H2,1-2H3. The van der Waals surface area contributed by atoms with E-state index in [1.54, 1.807) is 6.92 Å². The first kappa shape index (κ1) is 19.6. The Bertz CT molecular complexity index is 817. The van der Waals surface area contributed by atoms with Gasteiger partial charge in [-0.05, 0) is 12.5 Å². The molecule has 26 heavy (non-hydrogen) atoms. The summed E-state index contributed by atoms with van der Waals surface area (Å²) in [6.07, 6.45) is 1.65. The molecule has 0 radical (unpaired) electrons. The van der Waals surface area contributed by atoms with Crippen LogP contribution in [0.2, 0.25) is 0 Å². The fraction of sp³-hybridized carbons (Fsp3) is 0.467. The number of aryl methyl sites for hydroxylation is 1. The number of carbonyl (C=O) groups is 2. The van der Waals surface area contributed by atoms with Crippen LogP contribution in [0.4, 0.5) is 11.4 Å². The Morgan fingerprint density at radius 1 is 1.31 bits per heavy atom. The molecule has 2 rings (SSSR count). The van der Waals surface area contributed by atoms with Crippen molar-refractivity contribution >= 4 is 33.7 Å². The average molecular weight is 384 g/mol. The summed E-state index contributed by atoms with van der Waals surface area (Å²) in [5.41, 5.74) is 0.340. The number of anilines is 1. The van der Waals surface area contributed by atoms with E-state index in [1.807, 2.05) is 0 Å².